The van der Waals surface area contributed by atoms with Crippen molar-refractivity contribution in [3.8, 4) is 0 Å². The van der Waals surface area contributed by atoms with E-state index >= 15 is 0 Å². The molecule has 0 aromatic heterocycles. The Labute approximate surface area is 456 Å². The number of likely N-dealkylation sites (N-methyl/N-ethyl adjacent to an activating group) is 1. The quantitative estimate of drug-likeness (QED) is 0.0650. The summed E-state index contributed by atoms with van der Waals surface area (Å²) in [5.74, 6) is -0.560. The topological polar surface area (TPSA) is 304 Å². The van der Waals surface area contributed by atoms with E-state index in [2.05, 4.69) is 55.1 Å². The number of carbonyl (C=O) groups excluding carboxylic acids is 5. The second kappa shape index (κ2) is 24.8. The Kier molecular flexibility index (Phi) is 21.0. The maximum absolute atomic E-state index is 14.4. The molecule has 12 atom stereocenters. The van der Waals surface area contributed by atoms with E-state index in [-0.39, 0.29) is 37.4 Å². The Balaban J connectivity index is 1.77. The van der Waals surface area contributed by atoms with E-state index in [9.17, 15) is 44.4 Å². The van der Waals surface area contributed by atoms with Gasteiger partial charge in [-0.25, -0.2) is 19.2 Å². The van der Waals surface area contributed by atoms with Gasteiger partial charge in [-0.3, -0.25) is 4.79 Å². The lowest BCUT2D eigenvalue weighted by molar-refractivity contribution is -0.311. The van der Waals surface area contributed by atoms with Crippen molar-refractivity contribution in [2.24, 2.45) is 0 Å². The van der Waals surface area contributed by atoms with E-state index in [4.69, 9.17) is 42.3 Å². The highest BCUT2D eigenvalue weighted by molar-refractivity contribution is 6.74. The minimum atomic E-state index is -2.18. The van der Waals surface area contributed by atoms with Crippen LogP contribution >= 0.6 is 0 Å². The number of hydrogen-bond donors (Lipinski definition) is 8. The van der Waals surface area contributed by atoms with Crippen LogP contribution in [-0.4, -0.2) is 210 Å². The Bertz CT molecular complexity index is 2080. The SMILES string of the molecule is CN(C(=O)OC(C)(C)C)[C@@H]1[C@@H](O)[C@@H](O[C@@H]2[C@@H](O)[C@H](O[C@H]3OC(CNCCO[Si](C)(C)C(C)(C)C)=CC[C@H]3NC(=O)OC(C)(C)C)[C@@H](NC(=O)OC(C)(C)C)C[C@H]2NC(=O)C2(O)CCN(C(=O)OC(C)(C)C)C2)OC[C@]1(C)O. The summed E-state index contributed by atoms with van der Waals surface area (Å²) >= 11 is 0. The fraction of sp³-hybridized carbons (Fsp3) is 0.865. The molecule has 3 heterocycles. The van der Waals surface area contributed by atoms with Gasteiger partial charge in [0, 0.05) is 33.2 Å². The van der Waals surface area contributed by atoms with E-state index in [0.29, 0.717) is 18.9 Å². The van der Waals surface area contributed by atoms with E-state index in [0.717, 1.165) is 4.90 Å². The molecule has 0 radical (unpaired) electrons. The van der Waals surface area contributed by atoms with Crippen molar-refractivity contribution < 1.29 is 86.7 Å². The fourth-order valence-corrected chi connectivity index (χ4v) is 9.86. The molecule has 1 saturated carbocycles. The van der Waals surface area contributed by atoms with Crippen LogP contribution in [0.25, 0.3) is 0 Å². The van der Waals surface area contributed by atoms with E-state index in [1.807, 2.05) is 0 Å². The summed E-state index contributed by atoms with van der Waals surface area (Å²) in [6, 6.07) is -5.02. The summed E-state index contributed by atoms with van der Waals surface area (Å²) in [5.41, 5.74) is -7.79. The smallest absolute Gasteiger partial charge is 0.410 e. The largest absolute Gasteiger partial charge is 0.466 e. The summed E-state index contributed by atoms with van der Waals surface area (Å²) < 4.78 is 54.3. The van der Waals surface area contributed by atoms with Crippen LogP contribution in [0.2, 0.25) is 18.1 Å². The summed E-state index contributed by atoms with van der Waals surface area (Å²) in [5, 5.41) is 60.0. The number of alkyl carbamates (subject to hydrolysis) is 2. The lowest BCUT2D eigenvalue weighted by Crippen LogP contribution is -2.71. The Hall–Kier alpha value is -4.05. The van der Waals surface area contributed by atoms with Crippen LogP contribution in [0.4, 0.5) is 19.2 Å². The van der Waals surface area contributed by atoms with E-state index in [1.165, 1.54) is 18.9 Å². The molecule has 24 nitrogen and oxygen atoms in total. The standard InChI is InChI=1S/C52H94N6O18Si/c1-46(2,3)73-42(62)55-31-21-20-30(27-53-23-25-69-77(18,19)50(13,14)15)70-39(31)71-37-33(56-43(63)74-47(4,5)6)26-32(54-41(61)52(67)22-24-58(28-52)45(65)76-49(10,11)12)36(34(37)59)72-40-35(60)38(51(16,66)29-68-40)57(17)44(64)75-48(7,8)9/h20,31-40,53,59-60,66-67H,21-29H2,1-19H3,(H,54,61)(H,55,62)(H,56,63)/t31-,32-,33+,34-,35-,36+,37-,38-,39-,40-,51+,52?/m1/s1. The number of β-amino-alcohol motifs (C(OH)–C–C–N with tert-alkyl or cyclic N) is 1. The number of nitrogens with zero attached hydrogens (tertiary/aromatic N) is 2. The summed E-state index contributed by atoms with van der Waals surface area (Å²) in [6.45, 7) is 32.3. The molecule has 3 fully saturated rings. The van der Waals surface area contributed by atoms with Crippen LogP contribution < -0.4 is 21.3 Å². The third kappa shape index (κ3) is 19.0. The third-order valence-corrected chi connectivity index (χ3v) is 18.1. The highest BCUT2D eigenvalue weighted by atomic mass is 28.4. The number of amides is 5. The minimum absolute atomic E-state index is 0.00534. The molecule has 444 valence electrons. The molecule has 25 heteroatoms. The monoisotopic (exact) mass is 1120 g/mol. The lowest BCUT2D eigenvalue weighted by Gasteiger charge is -2.50. The van der Waals surface area contributed by atoms with E-state index < -0.39 is 147 Å². The Morgan fingerprint density at radius 1 is 0.753 bits per heavy atom. The number of rotatable bonds is 15. The van der Waals surface area contributed by atoms with Gasteiger partial charge in [-0.2, -0.15) is 0 Å². The average Bonchev–Trinajstić information content (AvgIpc) is 3.65. The molecule has 0 bridgehead atoms. The number of nitrogens with one attached hydrogen (secondary N) is 4. The van der Waals surface area contributed by atoms with Crippen LogP contribution in [0.3, 0.4) is 0 Å². The molecule has 2 saturated heterocycles. The van der Waals surface area contributed by atoms with Gasteiger partial charge in [-0.1, -0.05) is 20.8 Å². The molecule has 0 aromatic carbocycles. The van der Waals surface area contributed by atoms with Crippen molar-refractivity contribution in [1.29, 1.82) is 0 Å². The molecule has 5 amide bonds. The first-order valence-corrected chi connectivity index (χ1v) is 29.5. The number of aliphatic hydroxyl groups excluding tert-OH is 2. The first-order valence-electron chi connectivity index (χ1n) is 26.6. The van der Waals surface area contributed by atoms with Gasteiger partial charge in [0.15, 0.2) is 20.2 Å². The van der Waals surface area contributed by atoms with Crippen LogP contribution in [0, 0.1) is 0 Å². The van der Waals surface area contributed by atoms with Gasteiger partial charge in [0.05, 0.1) is 43.9 Å². The van der Waals surface area contributed by atoms with Gasteiger partial charge >= 0.3 is 24.4 Å². The van der Waals surface area contributed by atoms with Gasteiger partial charge < -0.3 is 93.8 Å². The van der Waals surface area contributed by atoms with Gasteiger partial charge in [0.25, 0.3) is 5.91 Å². The van der Waals surface area contributed by atoms with Crippen molar-refractivity contribution in [2.45, 2.75) is 243 Å². The van der Waals surface area contributed by atoms with Crippen molar-refractivity contribution in [2.75, 3.05) is 46.4 Å². The molecule has 1 unspecified atom stereocenters. The van der Waals surface area contributed by atoms with Crippen molar-refractivity contribution in [3.63, 3.8) is 0 Å². The molecule has 77 heavy (non-hydrogen) atoms. The molecule has 1 aliphatic carbocycles. The first kappa shape index (κ1) is 65.5. The van der Waals surface area contributed by atoms with Crippen LogP contribution in [-0.2, 0) is 47.1 Å². The molecule has 4 aliphatic rings. The summed E-state index contributed by atoms with van der Waals surface area (Å²) in [7, 11) is -0.717. The van der Waals surface area contributed by atoms with Crippen LogP contribution in [0.1, 0.15) is 130 Å². The fourth-order valence-electron chi connectivity index (χ4n) is 8.81. The average molecular weight is 1120 g/mol. The zero-order valence-electron chi connectivity index (χ0n) is 49.1. The Morgan fingerprint density at radius 3 is 1.81 bits per heavy atom. The highest BCUT2D eigenvalue weighted by Crippen LogP contribution is 2.38. The maximum Gasteiger partial charge on any atom is 0.410 e. The molecule has 4 rings (SSSR count). The van der Waals surface area contributed by atoms with Crippen LogP contribution in [0.5, 0.6) is 0 Å². The zero-order valence-corrected chi connectivity index (χ0v) is 50.1. The number of likely N-dealkylation sites (tertiary alicyclic amines) is 1. The lowest BCUT2D eigenvalue weighted by atomic mass is 9.82. The normalized spacial score (nSPS) is 30.5. The summed E-state index contributed by atoms with van der Waals surface area (Å²) in [4.78, 5) is 70.3. The molecule has 8 N–H and O–H groups in total. The third-order valence-electron chi connectivity index (χ3n) is 13.5. The number of hydrogen-bond acceptors (Lipinski definition) is 19. The Morgan fingerprint density at radius 2 is 1.27 bits per heavy atom. The van der Waals surface area contributed by atoms with Gasteiger partial charge in [-0.05, 0) is 127 Å². The molecule has 3 aliphatic heterocycles. The van der Waals surface area contributed by atoms with Gasteiger partial charge in [0.2, 0.25) is 6.29 Å². The molecular weight excluding hydrogens is 1020 g/mol. The number of carbonyl (C=O) groups is 5. The summed E-state index contributed by atoms with van der Waals surface area (Å²) in [6.07, 6.45) is -12.0. The maximum atomic E-state index is 14.4. The van der Waals surface area contributed by atoms with Crippen molar-refractivity contribution in [1.82, 2.24) is 31.1 Å². The number of aliphatic hydroxyl groups is 4. The second-order valence-electron chi connectivity index (χ2n) is 26.4. The van der Waals surface area contributed by atoms with Crippen molar-refractivity contribution >= 4 is 38.6 Å². The van der Waals surface area contributed by atoms with Gasteiger partial charge in [0.1, 0.15) is 58.2 Å². The predicted molar refractivity (Wildman–Crippen MR) is 284 cm³/mol. The molecule has 0 spiro atoms. The first-order chi connectivity index (χ1) is 34.9. The second-order valence-corrected chi connectivity index (χ2v) is 31.2. The van der Waals surface area contributed by atoms with E-state index in [1.54, 1.807) is 89.2 Å². The zero-order chi connectivity index (χ0) is 58.7. The predicted octanol–water partition coefficient (Wildman–Crippen LogP) is 4.11. The van der Waals surface area contributed by atoms with Crippen molar-refractivity contribution in [3.05, 3.63) is 11.8 Å². The van der Waals surface area contributed by atoms with Gasteiger partial charge in [-0.15, -0.1) is 0 Å². The highest BCUT2D eigenvalue weighted by Gasteiger charge is 2.56. The molecule has 0 aromatic rings. The minimum Gasteiger partial charge on any atom is -0.466 e. The number of ether oxygens (including phenoxy) is 8. The molecular formula is C52H94N6O18Si. The van der Waals surface area contributed by atoms with Crippen LogP contribution in [0.15, 0.2) is 11.8 Å².